The average Bonchev–Trinajstić information content (AvgIpc) is 0.879. The number of aliphatic carboxylic acids is 2. The van der Waals surface area contributed by atoms with Crippen LogP contribution >= 0.6 is 0 Å². The molecule has 0 amide bonds. The Balaban J connectivity index is -0.000000365. The van der Waals surface area contributed by atoms with Gasteiger partial charge in [0, 0.05) is 0 Å². The first kappa shape index (κ1) is 99.4. The molecule has 0 bridgehead atoms. The molecule has 0 heterocycles. The Kier molecular flexibility index (Phi) is 60.7. The van der Waals surface area contributed by atoms with Crippen LogP contribution in [-0.4, -0.2) is 122 Å². The van der Waals surface area contributed by atoms with Crippen LogP contribution in [0.15, 0.2) is 0 Å². The van der Waals surface area contributed by atoms with Crippen molar-refractivity contribution in [1.29, 1.82) is 0 Å². The van der Waals surface area contributed by atoms with Crippen LogP contribution in [0, 0.1) is 38.9 Å². The molecule has 2 N–H and O–H groups in total. The second-order valence-electron chi connectivity index (χ2n) is 25.3. The largest absolute Gasteiger partial charge is 0.480 e. The van der Waals surface area contributed by atoms with Gasteiger partial charge in [-0.25, -0.2) is 0 Å². The van der Waals surface area contributed by atoms with Crippen LogP contribution in [0.4, 0.5) is 0 Å². The third kappa shape index (κ3) is 35.5. The first-order chi connectivity index (χ1) is 45.4. The van der Waals surface area contributed by atoms with Gasteiger partial charge in [0.1, 0.15) is 12.2 Å². The van der Waals surface area contributed by atoms with Crippen LogP contribution in [0.1, 0.15) is 339 Å². The zero-order valence-corrected chi connectivity index (χ0v) is 64.8. The van der Waals surface area contributed by atoms with E-state index in [1.165, 1.54) is 25.7 Å². The lowest BCUT2D eigenvalue weighted by atomic mass is 9.77. The molecule has 0 aromatic rings. The monoisotopic (exact) mass is 1380 g/mol. The normalized spacial score (nSPS) is 12.3. The Bertz CT molecular complexity index is 2000. The maximum Gasteiger partial charge on any atom is 0.323 e. The molecule has 0 aliphatic heterocycles. The average molecular weight is 1380 g/mol. The highest BCUT2D eigenvalue weighted by atomic mass is 16.6. The Morgan fingerprint density at radius 2 is 0.479 bits per heavy atom. The molecule has 0 saturated carbocycles. The van der Waals surface area contributed by atoms with Gasteiger partial charge < -0.3 is 48.1 Å². The number of ether oxygens (including phenoxy) is 8. The number of hydrogen-bond donors (Lipinski definition) is 2. The molecule has 3 unspecified atom stereocenters. The number of carboxylic acid groups (broad SMARTS) is 2. The van der Waals surface area contributed by atoms with Crippen molar-refractivity contribution in [2.24, 2.45) is 38.9 Å². The fraction of sp³-hybridized carbons (Fsp3) is 0.868. The summed E-state index contributed by atoms with van der Waals surface area (Å²) in [5.74, 6) is -5.53. The van der Waals surface area contributed by atoms with Crippen molar-refractivity contribution in [3.8, 4) is 0 Å². The number of carbonyl (C=O) groups excluding carboxylic acids is 8. The number of rotatable bonds is 49. The maximum atomic E-state index is 12.7. The Morgan fingerprint density at radius 3 is 0.667 bits per heavy atom. The molecule has 20 nitrogen and oxygen atoms in total. The van der Waals surface area contributed by atoms with Gasteiger partial charge in [-0.2, -0.15) is 0 Å². The molecule has 0 aliphatic carbocycles. The lowest BCUT2D eigenvalue weighted by Gasteiger charge is -2.29. The van der Waals surface area contributed by atoms with Crippen molar-refractivity contribution in [3.63, 3.8) is 0 Å². The third-order valence-corrected chi connectivity index (χ3v) is 18.5. The summed E-state index contributed by atoms with van der Waals surface area (Å²) in [4.78, 5) is 120. The van der Waals surface area contributed by atoms with E-state index in [4.69, 9.17) is 43.0 Å². The van der Waals surface area contributed by atoms with Crippen LogP contribution in [0.25, 0.3) is 0 Å². The molecule has 0 spiro atoms. The van der Waals surface area contributed by atoms with E-state index in [-0.39, 0.29) is 74.9 Å². The SMILES string of the molecule is CCC(C)C(C)OC(=O)C(CC)(CC)C(=O)O.CCC(CC)(C(=O)O)C(=O)OC(C)C(C)C.CCCCCCC(CCCCCC)(C(=O)OCC)C(=O)OCC.CCCCCCCC(CCCCCCC)(C(=O)OCC)C(=O)OCC.CCOC(=O)C(CC)(CC)C(=O)OCC. The number of esters is 8. The number of hydrogen-bond acceptors (Lipinski definition) is 18. The molecule has 0 radical (unpaired) electrons. The number of unbranched alkanes of at least 4 members (excludes halogenated alkanes) is 14. The van der Waals surface area contributed by atoms with Crippen LogP contribution in [-0.2, 0) is 85.8 Å². The smallest absolute Gasteiger partial charge is 0.323 e. The van der Waals surface area contributed by atoms with Gasteiger partial charge >= 0.3 is 59.7 Å². The van der Waals surface area contributed by atoms with Gasteiger partial charge in [0.25, 0.3) is 0 Å². The van der Waals surface area contributed by atoms with Gasteiger partial charge in [0.05, 0.1) is 39.6 Å². The summed E-state index contributed by atoms with van der Waals surface area (Å²) in [6, 6.07) is 0. The molecule has 566 valence electrons. The molecule has 96 heavy (non-hydrogen) atoms. The lowest BCUT2D eigenvalue weighted by Crippen LogP contribution is -2.42. The predicted molar refractivity (Wildman–Crippen MR) is 379 cm³/mol. The minimum Gasteiger partial charge on any atom is -0.480 e. The van der Waals surface area contributed by atoms with Crippen molar-refractivity contribution >= 4 is 59.7 Å². The van der Waals surface area contributed by atoms with Gasteiger partial charge in [-0.15, -0.1) is 0 Å². The van der Waals surface area contributed by atoms with Crippen LogP contribution in [0.3, 0.4) is 0 Å². The van der Waals surface area contributed by atoms with Crippen molar-refractivity contribution in [2.75, 3.05) is 39.6 Å². The van der Waals surface area contributed by atoms with Crippen molar-refractivity contribution in [1.82, 2.24) is 0 Å². The van der Waals surface area contributed by atoms with Gasteiger partial charge in [-0.1, -0.05) is 219 Å². The van der Waals surface area contributed by atoms with Gasteiger partial charge in [-0.3, -0.25) is 47.9 Å². The highest BCUT2D eigenvalue weighted by molar-refractivity contribution is 6.02. The van der Waals surface area contributed by atoms with E-state index in [1.54, 1.807) is 90.0 Å². The topological polar surface area (TPSA) is 285 Å². The van der Waals surface area contributed by atoms with Crippen molar-refractivity contribution < 1.29 is 96.1 Å². The van der Waals surface area contributed by atoms with E-state index in [0.29, 0.717) is 65.0 Å². The summed E-state index contributed by atoms with van der Waals surface area (Å²) in [7, 11) is 0. The van der Waals surface area contributed by atoms with Crippen LogP contribution in [0.2, 0.25) is 0 Å². The molecular weight excluding hydrogens is 1230 g/mol. The minimum absolute atomic E-state index is 0.184. The molecule has 0 aliphatic rings. The molecule has 3 atom stereocenters. The van der Waals surface area contributed by atoms with Crippen LogP contribution < -0.4 is 0 Å². The molecule has 20 heteroatoms. The standard InChI is InChI=1S/C21H40O4.C19H36O4.C13H24O4.C12H22O4.C11H20O4/c1-5-9-11-13-15-17-21(19(22)24-7-3,20(23)25-8-4)18-16-14-12-10-6-2;1-5-9-11-13-15-19(17(20)22-7-3,18(21)23-8-4)16-14-12-10-6-2;1-6-9(4)10(5)17-12(16)13(7-2,8-3)11(14)15;1-6-12(7-2,10(13)14)11(15)16-9(5)8(3)4;1-5-11(6-2,9(12)14-7-3)10(13)15-8-4/h5-18H2,1-4H3;5-16H2,1-4H3;9-10H,6-8H2,1-5H3,(H,14,15);8-9H,6-7H2,1-5H3,(H,13,14);5-8H2,1-4H3. The van der Waals surface area contributed by atoms with Gasteiger partial charge in [-0.05, 0) is 131 Å². The molecule has 0 fully saturated rings. The fourth-order valence-corrected chi connectivity index (χ4v) is 10.5. The zero-order valence-electron chi connectivity index (χ0n) is 64.8. The van der Waals surface area contributed by atoms with Crippen molar-refractivity contribution in [3.05, 3.63) is 0 Å². The Labute approximate surface area is 582 Å². The minimum atomic E-state index is -1.39. The second kappa shape index (κ2) is 58.6. The van der Waals surface area contributed by atoms with Gasteiger partial charge in [0.15, 0.2) is 27.1 Å². The first-order valence-electron chi connectivity index (χ1n) is 37.3. The maximum absolute atomic E-state index is 12.7. The van der Waals surface area contributed by atoms with Crippen molar-refractivity contribution in [2.45, 2.75) is 351 Å². The van der Waals surface area contributed by atoms with Crippen LogP contribution in [0.5, 0.6) is 0 Å². The summed E-state index contributed by atoms with van der Waals surface area (Å²) in [6.45, 7) is 42.8. The third-order valence-electron chi connectivity index (χ3n) is 18.5. The molecule has 0 aromatic heterocycles. The molecule has 0 saturated heterocycles. The molecule has 0 aromatic carbocycles. The second-order valence-corrected chi connectivity index (χ2v) is 25.3. The summed E-state index contributed by atoms with van der Waals surface area (Å²) in [6.07, 6.45) is 23.5. The highest BCUT2D eigenvalue weighted by Crippen LogP contribution is 2.38. The Hall–Kier alpha value is -5.30. The zero-order chi connectivity index (χ0) is 75.0. The molecule has 0 rings (SSSR count). The van der Waals surface area contributed by atoms with E-state index in [1.807, 2.05) is 34.6 Å². The number of carboxylic acids is 2. The molecular formula is C76H142O20. The summed E-state index contributed by atoms with van der Waals surface area (Å²) < 4.78 is 41.4. The first-order valence-corrected chi connectivity index (χ1v) is 37.3. The van der Waals surface area contributed by atoms with E-state index in [9.17, 15) is 53.1 Å². The predicted octanol–water partition coefficient (Wildman–Crippen LogP) is 18.1. The summed E-state index contributed by atoms with van der Waals surface area (Å²) in [5.41, 5.74) is -6.10. The van der Waals surface area contributed by atoms with Gasteiger partial charge in [0.2, 0.25) is 0 Å². The fourth-order valence-electron chi connectivity index (χ4n) is 10.5. The summed E-state index contributed by atoms with van der Waals surface area (Å²) in [5, 5.41) is 18.3. The Morgan fingerprint density at radius 1 is 0.271 bits per heavy atom. The summed E-state index contributed by atoms with van der Waals surface area (Å²) >= 11 is 0. The van der Waals surface area contributed by atoms with E-state index >= 15 is 0 Å². The lowest BCUT2D eigenvalue weighted by molar-refractivity contribution is -0.176. The highest BCUT2D eigenvalue weighted by Gasteiger charge is 2.50. The number of carbonyl (C=O) groups is 10. The quantitative estimate of drug-likeness (QED) is 0.0248. The van der Waals surface area contributed by atoms with E-state index in [0.717, 1.165) is 96.3 Å². The van der Waals surface area contributed by atoms with E-state index < -0.39 is 74.8 Å². The van der Waals surface area contributed by atoms with E-state index in [2.05, 4.69) is 27.7 Å².